The van der Waals surface area contributed by atoms with Gasteiger partial charge in [-0.15, -0.1) is 0 Å². The molecule has 7 nitrogen and oxygen atoms in total. The van der Waals surface area contributed by atoms with Crippen molar-refractivity contribution in [2.24, 2.45) is 5.92 Å². The molecular formula is C13H16N2O5. The van der Waals surface area contributed by atoms with Crippen LogP contribution in [0.15, 0.2) is 18.2 Å². The van der Waals surface area contributed by atoms with Gasteiger partial charge >= 0.3 is 5.97 Å². The molecule has 1 rings (SSSR count). The molecule has 0 bridgehead atoms. The zero-order valence-electron chi connectivity index (χ0n) is 11.5. The summed E-state index contributed by atoms with van der Waals surface area (Å²) in [6, 6.07) is 4.37. The summed E-state index contributed by atoms with van der Waals surface area (Å²) in [5.41, 5.74) is 0.591. The molecule has 1 aromatic carbocycles. The monoisotopic (exact) mass is 280 g/mol. The summed E-state index contributed by atoms with van der Waals surface area (Å²) in [5.74, 6) is -1.33. The Morgan fingerprint density at radius 3 is 2.60 bits per heavy atom. The number of hydrogen-bond acceptors (Lipinski definition) is 5. The fraction of sp³-hybridized carbons (Fsp3) is 0.385. The normalized spacial score (nSPS) is 10.2. The van der Waals surface area contributed by atoms with Crippen molar-refractivity contribution in [3.8, 4) is 0 Å². The molecule has 108 valence electrons. The Balaban J connectivity index is 2.70. The lowest BCUT2D eigenvalue weighted by atomic mass is 10.1. The number of nitrogens with one attached hydrogen (secondary N) is 1. The zero-order chi connectivity index (χ0) is 15.3. The van der Waals surface area contributed by atoms with Crippen molar-refractivity contribution in [3.63, 3.8) is 0 Å². The summed E-state index contributed by atoms with van der Waals surface area (Å²) in [6.07, 6.45) is 0. The summed E-state index contributed by atoms with van der Waals surface area (Å²) in [5, 5.41) is 13.3. The van der Waals surface area contributed by atoms with E-state index in [1.54, 1.807) is 19.9 Å². The van der Waals surface area contributed by atoms with Crippen LogP contribution in [0.3, 0.4) is 0 Å². The van der Waals surface area contributed by atoms with Crippen LogP contribution < -0.4 is 5.32 Å². The molecular weight excluding hydrogens is 264 g/mol. The van der Waals surface area contributed by atoms with E-state index in [4.69, 9.17) is 4.74 Å². The molecule has 0 radical (unpaired) electrons. The number of amides is 1. The lowest BCUT2D eigenvalue weighted by molar-refractivity contribution is -0.385. The summed E-state index contributed by atoms with van der Waals surface area (Å²) < 4.78 is 4.77. The third-order valence-electron chi connectivity index (χ3n) is 2.59. The number of anilines is 1. The van der Waals surface area contributed by atoms with Crippen LogP contribution in [0.4, 0.5) is 11.4 Å². The highest BCUT2D eigenvalue weighted by Gasteiger charge is 2.16. The van der Waals surface area contributed by atoms with Crippen molar-refractivity contribution in [1.29, 1.82) is 0 Å². The first-order valence-electron chi connectivity index (χ1n) is 6.03. The van der Waals surface area contributed by atoms with Crippen LogP contribution in [-0.2, 0) is 14.3 Å². The smallest absolute Gasteiger partial charge is 0.308 e. The van der Waals surface area contributed by atoms with Crippen molar-refractivity contribution in [3.05, 3.63) is 33.9 Å². The van der Waals surface area contributed by atoms with Gasteiger partial charge in [0.1, 0.15) is 0 Å². The van der Waals surface area contributed by atoms with E-state index in [0.29, 0.717) is 11.3 Å². The third kappa shape index (κ3) is 4.04. The van der Waals surface area contributed by atoms with Gasteiger partial charge < -0.3 is 10.1 Å². The molecule has 1 N–H and O–H groups in total. The summed E-state index contributed by atoms with van der Waals surface area (Å²) in [6.45, 7) is 4.43. The number of hydrogen-bond donors (Lipinski definition) is 1. The number of benzene rings is 1. The number of carbonyl (C=O) groups excluding carboxylic acids is 2. The maximum absolute atomic E-state index is 11.6. The van der Waals surface area contributed by atoms with Crippen molar-refractivity contribution in [2.45, 2.75) is 20.8 Å². The molecule has 0 spiro atoms. The van der Waals surface area contributed by atoms with Crippen molar-refractivity contribution < 1.29 is 19.2 Å². The van der Waals surface area contributed by atoms with Gasteiger partial charge in [-0.3, -0.25) is 19.7 Å². The first-order valence-corrected chi connectivity index (χ1v) is 6.03. The minimum Gasteiger partial charge on any atom is -0.455 e. The molecule has 1 amide bonds. The number of nitro groups is 1. The Bertz CT molecular complexity index is 540. The summed E-state index contributed by atoms with van der Waals surface area (Å²) in [7, 11) is 0. The SMILES string of the molecule is Cc1c(NC(=O)COC(=O)C(C)C)cccc1[N+](=O)[O-]. The van der Waals surface area contributed by atoms with Crippen LogP contribution in [0.2, 0.25) is 0 Å². The van der Waals surface area contributed by atoms with Crippen LogP contribution in [0, 0.1) is 23.0 Å². The van der Waals surface area contributed by atoms with Gasteiger partial charge in [0.05, 0.1) is 22.1 Å². The van der Waals surface area contributed by atoms with Crippen molar-refractivity contribution in [2.75, 3.05) is 11.9 Å². The van der Waals surface area contributed by atoms with Gasteiger partial charge in [0.2, 0.25) is 0 Å². The molecule has 0 aliphatic carbocycles. The first-order chi connectivity index (χ1) is 9.32. The highest BCUT2D eigenvalue weighted by atomic mass is 16.6. The zero-order valence-corrected chi connectivity index (χ0v) is 11.5. The van der Waals surface area contributed by atoms with Crippen LogP contribution in [0.25, 0.3) is 0 Å². The predicted octanol–water partition coefficient (Wildman–Crippen LogP) is 2.04. The number of rotatable bonds is 5. The summed E-state index contributed by atoms with van der Waals surface area (Å²) in [4.78, 5) is 33.1. The van der Waals surface area contributed by atoms with E-state index in [1.807, 2.05) is 0 Å². The number of nitrogens with zero attached hydrogens (tertiary/aromatic N) is 1. The van der Waals surface area contributed by atoms with Gasteiger partial charge in [-0.1, -0.05) is 19.9 Å². The molecule has 20 heavy (non-hydrogen) atoms. The Hall–Kier alpha value is -2.44. The average Bonchev–Trinajstić information content (AvgIpc) is 2.37. The topological polar surface area (TPSA) is 98.5 Å². The lowest BCUT2D eigenvalue weighted by Gasteiger charge is -2.10. The van der Waals surface area contributed by atoms with Gasteiger partial charge in [0, 0.05) is 6.07 Å². The molecule has 0 aliphatic rings. The second kappa shape index (κ2) is 6.65. The van der Waals surface area contributed by atoms with Gasteiger partial charge in [0.15, 0.2) is 6.61 Å². The van der Waals surface area contributed by atoms with Crippen LogP contribution in [0.1, 0.15) is 19.4 Å². The quantitative estimate of drug-likeness (QED) is 0.505. The molecule has 0 saturated carbocycles. The van der Waals surface area contributed by atoms with E-state index in [-0.39, 0.29) is 11.6 Å². The minimum absolute atomic E-state index is 0.0815. The van der Waals surface area contributed by atoms with E-state index in [2.05, 4.69) is 5.32 Å². The van der Waals surface area contributed by atoms with E-state index < -0.39 is 23.4 Å². The maximum atomic E-state index is 11.6. The molecule has 0 aromatic heterocycles. The Morgan fingerprint density at radius 1 is 1.40 bits per heavy atom. The lowest BCUT2D eigenvalue weighted by Crippen LogP contribution is -2.23. The first kappa shape index (κ1) is 15.6. The highest BCUT2D eigenvalue weighted by Crippen LogP contribution is 2.24. The van der Waals surface area contributed by atoms with Crippen LogP contribution >= 0.6 is 0 Å². The van der Waals surface area contributed by atoms with E-state index in [1.165, 1.54) is 19.1 Å². The Morgan fingerprint density at radius 2 is 2.05 bits per heavy atom. The summed E-state index contributed by atoms with van der Waals surface area (Å²) >= 11 is 0. The second-order valence-corrected chi connectivity index (χ2v) is 4.52. The number of carbonyl (C=O) groups is 2. The number of nitro benzene ring substituents is 1. The van der Waals surface area contributed by atoms with Gasteiger partial charge in [0.25, 0.3) is 11.6 Å². The molecule has 1 aromatic rings. The van der Waals surface area contributed by atoms with Gasteiger partial charge in [-0.05, 0) is 13.0 Å². The van der Waals surface area contributed by atoms with Crippen molar-refractivity contribution in [1.82, 2.24) is 0 Å². The minimum atomic E-state index is -0.539. The Labute approximate surface area is 116 Å². The predicted molar refractivity (Wildman–Crippen MR) is 72.3 cm³/mol. The van der Waals surface area contributed by atoms with Crippen LogP contribution in [0.5, 0.6) is 0 Å². The molecule has 0 fully saturated rings. The van der Waals surface area contributed by atoms with Crippen LogP contribution in [-0.4, -0.2) is 23.4 Å². The van der Waals surface area contributed by atoms with Crippen molar-refractivity contribution >= 4 is 23.3 Å². The molecule has 7 heteroatoms. The average molecular weight is 280 g/mol. The fourth-order valence-electron chi connectivity index (χ4n) is 1.45. The van der Waals surface area contributed by atoms with Gasteiger partial charge in [-0.25, -0.2) is 0 Å². The Kier molecular flexibility index (Phi) is 5.19. The fourth-order valence-corrected chi connectivity index (χ4v) is 1.45. The molecule has 0 atom stereocenters. The standard InChI is InChI=1S/C13H16N2O5/c1-8(2)13(17)20-7-12(16)14-10-5-4-6-11(9(10)3)15(18)19/h4-6,8H,7H2,1-3H3,(H,14,16). The second-order valence-electron chi connectivity index (χ2n) is 4.52. The van der Waals surface area contributed by atoms with Gasteiger partial charge in [-0.2, -0.15) is 0 Å². The molecule has 0 heterocycles. The highest BCUT2D eigenvalue weighted by molar-refractivity contribution is 5.94. The molecule has 0 saturated heterocycles. The molecule has 0 unspecified atom stereocenters. The maximum Gasteiger partial charge on any atom is 0.308 e. The third-order valence-corrected chi connectivity index (χ3v) is 2.59. The number of esters is 1. The largest absolute Gasteiger partial charge is 0.455 e. The van der Waals surface area contributed by atoms with E-state index in [9.17, 15) is 19.7 Å². The molecule has 0 aliphatic heterocycles. The van der Waals surface area contributed by atoms with E-state index in [0.717, 1.165) is 0 Å². The number of ether oxygens (including phenoxy) is 1. The van der Waals surface area contributed by atoms with E-state index >= 15 is 0 Å².